The van der Waals surface area contributed by atoms with Gasteiger partial charge in [-0.3, -0.25) is 10.1 Å². The summed E-state index contributed by atoms with van der Waals surface area (Å²) in [6.07, 6.45) is 1.39. The van der Waals surface area contributed by atoms with Gasteiger partial charge in [-0.2, -0.15) is 0 Å². The number of ether oxygens (including phenoxy) is 2. The summed E-state index contributed by atoms with van der Waals surface area (Å²) in [6, 6.07) is 5.55. The van der Waals surface area contributed by atoms with Gasteiger partial charge in [0.25, 0.3) is 0 Å². The van der Waals surface area contributed by atoms with Gasteiger partial charge in [-0.05, 0) is 31.0 Å². The molecule has 0 amide bonds. The van der Waals surface area contributed by atoms with E-state index in [1.807, 2.05) is 25.1 Å². The third-order valence-corrected chi connectivity index (χ3v) is 3.35. The van der Waals surface area contributed by atoms with E-state index in [1.165, 1.54) is 0 Å². The zero-order valence-electron chi connectivity index (χ0n) is 12.5. The Hall–Kier alpha value is -1.75. The van der Waals surface area contributed by atoms with E-state index < -0.39 is 11.5 Å². The predicted octanol–water partition coefficient (Wildman–Crippen LogP) is 2.44. The van der Waals surface area contributed by atoms with Crippen LogP contribution in [0.1, 0.15) is 32.3 Å². The van der Waals surface area contributed by atoms with E-state index in [0.29, 0.717) is 24.5 Å². The zero-order chi connectivity index (χ0) is 15.2. The molecule has 0 spiro atoms. The van der Waals surface area contributed by atoms with Crippen molar-refractivity contribution in [1.82, 2.24) is 5.32 Å². The second-order valence-electron chi connectivity index (χ2n) is 4.93. The molecule has 1 aromatic carbocycles. The number of carboxylic acids is 1. The number of hydrogen-bond donors (Lipinski definition) is 2. The largest absolute Gasteiger partial charge is 0.493 e. The van der Waals surface area contributed by atoms with Crippen molar-refractivity contribution in [1.29, 1.82) is 0 Å². The first kappa shape index (κ1) is 16.3. The molecular weight excluding hydrogens is 258 g/mol. The summed E-state index contributed by atoms with van der Waals surface area (Å²) in [4.78, 5) is 11.3. The van der Waals surface area contributed by atoms with Gasteiger partial charge in [0.05, 0.1) is 14.2 Å². The van der Waals surface area contributed by atoms with Gasteiger partial charge in [-0.1, -0.05) is 19.4 Å². The fourth-order valence-electron chi connectivity index (χ4n) is 2.06. The summed E-state index contributed by atoms with van der Waals surface area (Å²) in [7, 11) is 3.16. The first-order valence-electron chi connectivity index (χ1n) is 6.66. The van der Waals surface area contributed by atoms with Crippen LogP contribution in [0.25, 0.3) is 0 Å². The molecule has 2 N–H and O–H groups in total. The van der Waals surface area contributed by atoms with Crippen molar-refractivity contribution >= 4 is 5.97 Å². The predicted molar refractivity (Wildman–Crippen MR) is 77.3 cm³/mol. The maximum Gasteiger partial charge on any atom is 0.323 e. The van der Waals surface area contributed by atoms with Crippen molar-refractivity contribution in [3.63, 3.8) is 0 Å². The second-order valence-corrected chi connectivity index (χ2v) is 4.93. The average Bonchev–Trinajstić information content (AvgIpc) is 2.44. The van der Waals surface area contributed by atoms with Gasteiger partial charge in [0.15, 0.2) is 11.5 Å². The van der Waals surface area contributed by atoms with Crippen LogP contribution in [0.3, 0.4) is 0 Å². The lowest BCUT2D eigenvalue weighted by atomic mass is 9.96. The Morgan fingerprint density at radius 3 is 2.45 bits per heavy atom. The van der Waals surface area contributed by atoms with Crippen LogP contribution in [0.2, 0.25) is 0 Å². The topological polar surface area (TPSA) is 67.8 Å². The molecule has 1 atom stereocenters. The highest BCUT2D eigenvalue weighted by molar-refractivity contribution is 5.78. The first-order valence-corrected chi connectivity index (χ1v) is 6.66. The van der Waals surface area contributed by atoms with Crippen LogP contribution in [0.4, 0.5) is 0 Å². The molecule has 1 unspecified atom stereocenters. The van der Waals surface area contributed by atoms with Crippen LogP contribution in [-0.4, -0.2) is 30.8 Å². The van der Waals surface area contributed by atoms with Crippen molar-refractivity contribution in [3.05, 3.63) is 23.8 Å². The summed E-state index contributed by atoms with van der Waals surface area (Å²) < 4.78 is 10.4. The molecule has 0 saturated heterocycles. The molecule has 5 nitrogen and oxygen atoms in total. The highest BCUT2D eigenvalue weighted by atomic mass is 16.5. The van der Waals surface area contributed by atoms with E-state index >= 15 is 0 Å². The Kier molecular flexibility index (Phi) is 5.82. The van der Waals surface area contributed by atoms with Gasteiger partial charge in [-0.15, -0.1) is 0 Å². The first-order chi connectivity index (χ1) is 9.46. The fourth-order valence-corrected chi connectivity index (χ4v) is 2.06. The SMILES string of the molecule is CCCC(C)(NCc1ccc(OC)c(OC)c1)C(=O)O. The number of rotatable bonds is 8. The van der Waals surface area contributed by atoms with Crippen LogP contribution >= 0.6 is 0 Å². The van der Waals surface area contributed by atoms with E-state index in [-0.39, 0.29) is 0 Å². The van der Waals surface area contributed by atoms with Crippen LogP contribution < -0.4 is 14.8 Å². The molecule has 0 fully saturated rings. The maximum absolute atomic E-state index is 11.3. The minimum absolute atomic E-state index is 0.461. The number of benzene rings is 1. The molecular formula is C15H23NO4. The maximum atomic E-state index is 11.3. The number of aliphatic carboxylic acids is 1. The Bertz CT molecular complexity index is 461. The van der Waals surface area contributed by atoms with Gasteiger partial charge >= 0.3 is 5.97 Å². The highest BCUT2D eigenvalue weighted by Crippen LogP contribution is 2.27. The summed E-state index contributed by atoms with van der Waals surface area (Å²) in [5.74, 6) is 0.463. The molecule has 0 saturated carbocycles. The molecule has 0 radical (unpaired) electrons. The third kappa shape index (κ3) is 3.87. The van der Waals surface area contributed by atoms with E-state index in [1.54, 1.807) is 21.1 Å². The van der Waals surface area contributed by atoms with Gasteiger partial charge < -0.3 is 14.6 Å². The van der Waals surface area contributed by atoms with Gasteiger partial charge in [0.1, 0.15) is 5.54 Å². The van der Waals surface area contributed by atoms with Crippen molar-refractivity contribution in [2.24, 2.45) is 0 Å². The molecule has 20 heavy (non-hydrogen) atoms. The van der Waals surface area contributed by atoms with Gasteiger partial charge in [0.2, 0.25) is 0 Å². The number of carbonyl (C=O) groups is 1. The second kappa shape index (κ2) is 7.14. The normalized spacial score (nSPS) is 13.6. The Labute approximate surface area is 119 Å². The molecule has 0 heterocycles. The summed E-state index contributed by atoms with van der Waals surface area (Å²) >= 11 is 0. The molecule has 1 rings (SSSR count). The quantitative estimate of drug-likeness (QED) is 0.766. The lowest BCUT2D eigenvalue weighted by molar-refractivity contribution is -0.144. The standard InChI is InChI=1S/C15H23NO4/c1-5-8-15(2,14(17)18)16-10-11-6-7-12(19-3)13(9-11)20-4/h6-7,9,16H,5,8,10H2,1-4H3,(H,17,18). The fraction of sp³-hybridized carbons (Fsp3) is 0.533. The molecule has 0 bridgehead atoms. The highest BCUT2D eigenvalue weighted by Gasteiger charge is 2.31. The number of hydrogen-bond acceptors (Lipinski definition) is 4. The molecule has 0 aliphatic carbocycles. The van der Waals surface area contributed by atoms with Crippen LogP contribution in [-0.2, 0) is 11.3 Å². The van der Waals surface area contributed by atoms with E-state index in [2.05, 4.69) is 5.32 Å². The Balaban J connectivity index is 2.81. The smallest absolute Gasteiger partial charge is 0.323 e. The zero-order valence-corrected chi connectivity index (χ0v) is 12.5. The van der Waals surface area contributed by atoms with Crippen molar-refractivity contribution in [2.45, 2.75) is 38.8 Å². The summed E-state index contributed by atoms with van der Waals surface area (Å²) in [5.41, 5.74) is 0.0354. The molecule has 112 valence electrons. The number of carboxylic acid groups (broad SMARTS) is 1. The van der Waals surface area contributed by atoms with E-state index in [0.717, 1.165) is 12.0 Å². The molecule has 0 aliphatic rings. The monoisotopic (exact) mass is 281 g/mol. The molecule has 0 aromatic heterocycles. The lowest BCUT2D eigenvalue weighted by Crippen LogP contribution is -2.48. The van der Waals surface area contributed by atoms with E-state index in [4.69, 9.17) is 9.47 Å². The van der Waals surface area contributed by atoms with Crippen LogP contribution in [0, 0.1) is 0 Å². The third-order valence-electron chi connectivity index (χ3n) is 3.35. The van der Waals surface area contributed by atoms with Gasteiger partial charge in [0, 0.05) is 6.54 Å². The Morgan fingerprint density at radius 2 is 1.95 bits per heavy atom. The van der Waals surface area contributed by atoms with E-state index in [9.17, 15) is 9.90 Å². The summed E-state index contributed by atoms with van der Waals surface area (Å²) in [5, 5.41) is 12.4. The number of methoxy groups -OCH3 is 2. The lowest BCUT2D eigenvalue weighted by Gasteiger charge is -2.26. The number of nitrogens with one attached hydrogen (secondary N) is 1. The van der Waals surface area contributed by atoms with Crippen molar-refractivity contribution in [3.8, 4) is 11.5 Å². The van der Waals surface area contributed by atoms with Crippen molar-refractivity contribution in [2.75, 3.05) is 14.2 Å². The average molecular weight is 281 g/mol. The van der Waals surface area contributed by atoms with Crippen LogP contribution in [0.5, 0.6) is 11.5 Å². The molecule has 0 aliphatic heterocycles. The van der Waals surface area contributed by atoms with Gasteiger partial charge in [-0.25, -0.2) is 0 Å². The summed E-state index contributed by atoms with van der Waals surface area (Å²) in [6.45, 7) is 4.14. The van der Waals surface area contributed by atoms with Crippen LogP contribution in [0.15, 0.2) is 18.2 Å². The molecule has 1 aromatic rings. The minimum Gasteiger partial charge on any atom is -0.493 e. The van der Waals surface area contributed by atoms with Crippen molar-refractivity contribution < 1.29 is 19.4 Å². The molecule has 5 heteroatoms. The minimum atomic E-state index is -0.915. The Morgan fingerprint density at radius 1 is 1.30 bits per heavy atom.